The summed E-state index contributed by atoms with van der Waals surface area (Å²) in [5.74, 6) is 0. The van der Waals surface area contributed by atoms with Gasteiger partial charge in [-0.15, -0.1) is 0 Å². The van der Waals surface area contributed by atoms with Crippen LogP contribution < -0.4 is 5.73 Å². The zero-order chi connectivity index (χ0) is 12.0. The minimum absolute atomic E-state index is 0.630. The summed E-state index contributed by atoms with van der Waals surface area (Å²) in [4.78, 5) is 8.54. The van der Waals surface area contributed by atoms with Crippen LogP contribution in [0.1, 0.15) is 11.4 Å². The molecule has 0 atom stereocenters. The number of rotatable bonds is 4. The average molecular weight is 212 g/mol. The first-order valence-corrected chi connectivity index (χ1v) is 5.05. The second-order valence-electron chi connectivity index (χ2n) is 3.32. The van der Waals surface area contributed by atoms with Gasteiger partial charge in [0.2, 0.25) is 0 Å². The molecule has 0 bridgehead atoms. The van der Waals surface area contributed by atoms with E-state index in [1.54, 1.807) is 6.21 Å². The molecule has 0 saturated carbocycles. The van der Waals surface area contributed by atoms with Gasteiger partial charge in [0.15, 0.2) is 7.28 Å². The van der Waals surface area contributed by atoms with E-state index in [9.17, 15) is 0 Å². The van der Waals surface area contributed by atoms with Crippen LogP contribution in [0, 0.1) is 6.92 Å². The lowest BCUT2D eigenvalue weighted by Crippen LogP contribution is -1.97. The minimum Gasteiger partial charge on any atom is -0.405 e. The standard InChI is InChI=1S/C12H15BN3/c1-9-5-4-6-12(16-9)10(2)15-8-11(7-14)13-3/h4-8H,2,14H2,1,3H3/b11-7+,15-8?. The molecule has 2 N–H and O–H groups in total. The van der Waals surface area contributed by atoms with Crippen molar-refractivity contribution in [2.24, 2.45) is 10.7 Å². The predicted molar refractivity (Wildman–Crippen MR) is 70.4 cm³/mol. The van der Waals surface area contributed by atoms with Crippen molar-refractivity contribution in [3.05, 3.63) is 47.8 Å². The Morgan fingerprint density at radius 2 is 2.31 bits per heavy atom. The SMILES string of the molecule is C=C(N=C/C([B]C)=C\N)c1cccc(C)n1. The van der Waals surface area contributed by atoms with Gasteiger partial charge in [0.25, 0.3) is 0 Å². The van der Waals surface area contributed by atoms with Crippen LogP contribution in [0.4, 0.5) is 0 Å². The number of hydrogen-bond acceptors (Lipinski definition) is 3. The molecule has 0 aliphatic carbocycles. The topological polar surface area (TPSA) is 51.3 Å². The molecule has 0 aliphatic heterocycles. The number of pyridine rings is 1. The predicted octanol–water partition coefficient (Wildman–Crippen LogP) is 1.98. The van der Waals surface area contributed by atoms with E-state index in [0.717, 1.165) is 16.9 Å². The van der Waals surface area contributed by atoms with Gasteiger partial charge < -0.3 is 5.73 Å². The minimum atomic E-state index is 0.630. The highest BCUT2D eigenvalue weighted by atomic mass is 14.8. The van der Waals surface area contributed by atoms with Crippen LogP contribution in [0.5, 0.6) is 0 Å². The summed E-state index contributed by atoms with van der Waals surface area (Å²) in [5, 5.41) is 0. The van der Waals surface area contributed by atoms with Crippen LogP contribution in [-0.2, 0) is 0 Å². The van der Waals surface area contributed by atoms with E-state index in [4.69, 9.17) is 5.73 Å². The van der Waals surface area contributed by atoms with Gasteiger partial charge in [0.1, 0.15) is 0 Å². The van der Waals surface area contributed by atoms with Crippen LogP contribution in [0.2, 0.25) is 6.82 Å². The Balaban J connectivity index is 2.80. The van der Waals surface area contributed by atoms with Crippen molar-refractivity contribution in [3.8, 4) is 0 Å². The molecule has 1 rings (SSSR count). The highest BCUT2D eigenvalue weighted by Crippen LogP contribution is 2.10. The molecule has 0 aliphatic rings. The van der Waals surface area contributed by atoms with Crippen molar-refractivity contribution in [3.63, 3.8) is 0 Å². The maximum absolute atomic E-state index is 5.40. The second kappa shape index (κ2) is 5.90. The summed E-state index contributed by atoms with van der Waals surface area (Å²) in [7, 11) is 1.88. The lowest BCUT2D eigenvalue weighted by atomic mass is 9.73. The Bertz CT molecular complexity index is 436. The molecule has 0 spiro atoms. The summed E-state index contributed by atoms with van der Waals surface area (Å²) in [6.07, 6.45) is 3.17. The first-order valence-electron chi connectivity index (χ1n) is 5.05. The molecule has 1 aromatic rings. The molecule has 0 saturated heterocycles. The summed E-state index contributed by atoms with van der Waals surface area (Å²) >= 11 is 0. The van der Waals surface area contributed by atoms with Crippen LogP contribution in [0.3, 0.4) is 0 Å². The molecule has 1 heterocycles. The molecule has 3 nitrogen and oxygen atoms in total. The second-order valence-corrected chi connectivity index (χ2v) is 3.32. The quantitative estimate of drug-likeness (QED) is 0.612. The molecular formula is C12H15BN3. The van der Waals surface area contributed by atoms with Crippen LogP contribution >= 0.6 is 0 Å². The molecule has 81 valence electrons. The summed E-state index contributed by atoms with van der Waals surface area (Å²) in [6.45, 7) is 7.70. The third-order valence-electron chi connectivity index (χ3n) is 2.08. The smallest absolute Gasteiger partial charge is 0.152 e. The zero-order valence-corrected chi connectivity index (χ0v) is 9.64. The first-order chi connectivity index (χ1) is 7.67. The normalized spacial score (nSPS) is 11.8. The summed E-state index contributed by atoms with van der Waals surface area (Å²) < 4.78 is 0. The van der Waals surface area contributed by atoms with Crippen molar-refractivity contribution in [1.29, 1.82) is 0 Å². The number of aliphatic imine (C=N–C) groups is 1. The van der Waals surface area contributed by atoms with Gasteiger partial charge in [-0.1, -0.05) is 24.9 Å². The van der Waals surface area contributed by atoms with E-state index in [-0.39, 0.29) is 0 Å². The molecule has 16 heavy (non-hydrogen) atoms. The maximum atomic E-state index is 5.40. The number of aromatic nitrogens is 1. The van der Waals surface area contributed by atoms with E-state index in [0.29, 0.717) is 5.70 Å². The summed E-state index contributed by atoms with van der Waals surface area (Å²) in [6, 6.07) is 5.75. The maximum Gasteiger partial charge on any atom is 0.152 e. The molecule has 0 unspecified atom stereocenters. The van der Waals surface area contributed by atoms with E-state index in [2.05, 4.69) is 16.6 Å². The number of nitrogens with two attached hydrogens (primary N) is 1. The lowest BCUT2D eigenvalue weighted by Gasteiger charge is -2.00. The fraction of sp³-hybridized carbons (Fsp3) is 0.167. The molecule has 4 heteroatoms. The molecule has 0 aromatic carbocycles. The number of nitrogens with zero attached hydrogens (tertiary/aromatic N) is 2. The number of aryl methyl sites for hydroxylation is 1. The van der Waals surface area contributed by atoms with Gasteiger partial charge in [-0.25, -0.2) is 0 Å². The van der Waals surface area contributed by atoms with E-state index >= 15 is 0 Å². The summed E-state index contributed by atoms with van der Waals surface area (Å²) in [5.41, 5.74) is 8.62. The third-order valence-corrected chi connectivity index (χ3v) is 2.08. The number of hydrogen-bond donors (Lipinski definition) is 1. The molecule has 0 fully saturated rings. The van der Waals surface area contributed by atoms with Crippen LogP contribution in [-0.4, -0.2) is 18.5 Å². The fourth-order valence-corrected chi connectivity index (χ4v) is 1.14. The first kappa shape index (κ1) is 12.2. The van der Waals surface area contributed by atoms with Gasteiger partial charge in [-0.2, -0.15) is 0 Å². The molecule has 0 amide bonds. The van der Waals surface area contributed by atoms with Crippen LogP contribution in [0.25, 0.3) is 5.70 Å². The van der Waals surface area contributed by atoms with E-state index in [1.165, 1.54) is 6.20 Å². The van der Waals surface area contributed by atoms with Crippen molar-refractivity contribution in [2.45, 2.75) is 13.7 Å². The Hall–Kier alpha value is -1.84. The largest absolute Gasteiger partial charge is 0.405 e. The Morgan fingerprint density at radius 1 is 1.56 bits per heavy atom. The highest BCUT2D eigenvalue weighted by molar-refractivity contribution is 6.50. The zero-order valence-electron chi connectivity index (χ0n) is 9.64. The van der Waals surface area contributed by atoms with Gasteiger partial charge in [-0.3, -0.25) is 9.98 Å². The van der Waals surface area contributed by atoms with Crippen LogP contribution in [0.15, 0.2) is 41.4 Å². The Labute approximate surface area is 97.0 Å². The monoisotopic (exact) mass is 212 g/mol. The van der Waals surface area contributed by atoms with Crippen molar-refractivity contribution < 1.29 is 0 Å². The third kappa shape index (κ3) is 3.39. The van der Waals surface area contributed by atoms with Gasteiger partial charge in [0.05, 0.1) is 11.4 Å². The highest BCUT2D eigenvalue weighted by Gasteiger charge is 1.98. The van der Waals surface area contributed by atoms with E-state index < -0.39 is 0 Å². The average Bonchev–Trinajstić information content (AvgIpc) is 2.30. The fourth-order valence-electron chi connectivity index (χ4n) is 1.14. The van der Waals surface area contributed by atoms with Crippen molar-refractivity contribution in [2.75, 3.05) is 0 Å². The van der Waals surface area contributed by atoms with Crippen molar-refractivity contribution >= 4 is 19.2 Å². The Morgan fingerprint density at radius 3 is 2.88 bits per heavy atom. The molecule has 1 aromatic heterocycles. The molecular weight excluding hydrogens is 197 g/mol. The van der Waals surface area contributed by atoms with Gasteiger partial charge >= 0.3 is 0 Å². The van der Waals surface area contributed by atoms with Crippen molar-refractivity contribution in [1.82, 2.24) is 4.98 Å². The molecule has 1 radical (unpaired) electrons. The Kier molecular flexibility index (Phi) is 4.52. The van der Waals surface area contributed by atoms with Gasteiger partial charge in [0, 0.05) is 11.9 Å². The lowest BCUT2D eigenvalue weighted by molar-refractivity contribution is 1.16. The number of allylic oxidation sites excluding steroid dienone is 1. The van der Waals surface area contributed by atoms with Gasteiger partial charge in [-0.05, 0) is 25.3 Å². The van der Waals surface area contributed by atoms with E-state index in [1.807, 2.05) is 39.2 Å².